The minimum absolute atomic E-state index is 0.0923. The molecular formula is C20H17BrN2O4. The summed E-state index contributed by atoms with van der Waals surface area (Å²) in [6.07, 6.45) is 7.08. The first kappa shape index (κ1) is 18.8. The fourth-order valence-corrected chi connectivity index (χ4v) is 3.68. The number of hydrogen-bond acceptors (Lipinski definition) is 4. The summed E-state index contributed by atoms with van der Waals surface area (Å²) in [6, 6.07) is 11.3. The zero-order valence-corrected chi connectivity index (χ0v) is 16.2. The maximum Gasteiger partial charge on any atom is 0.214 e. The number of halogens is 1. The highest BCUT2D eigenvalue weighted by Crippen LogP contribution is 2.41. The molecule has 6 nitrogen and oxygen atoms in total. The fourth-order valence-electron chi connectivity index (χ4n) is 3.11. The van der Waals surface area contributed by atoms with E-state index >= 15 is 0 Å². The number of H-pyrrole nitrogens is 1. The number of hydrogen-bond donors (Lipinski definition) is 1. The van der Waals surface area contributed by atoms with E-state index in [4.69, 9.17) is 15.9 Å². The number of rotatable bonds is 7. The van der Waals surface area contributed by atoms with Gasteiger partial charge in [-0.15, -0.1) is 6.42 Å². The number of aromatic nitrogens is 1. The Kier molecular flexibility index (Phi) is 5.67. The van der Waals surface area contributed by atoms with Gasteiger partial charge < -0.3 is 14.5 Å². The van der Waals surface area contributed by atoms with Crippen molar-refractivity contribution in [2.45, 2.75) is 5.92 Å². The van der Waals surface area contributed by atoms with Gasteiger partial charge in [0.05, 0.1) is 17.5 Å². The minimum Gasteiger partial charge on any atom is -0.493 e. The average molecular weight is 429 g/mol. The van der Waals surface area contributed by atoms with Crippen LogP contribution in [0.3, 0.4) is 0 Å². The van der Waals surface area contributed by atoms with Gasteiger partial charge in [-0.1, -0.05) is 24.1 Å². The number of nitrogens with zero attached hydrogens (tertiary/aromatic N) is 1. The van der Waals surface area contributed by atoms with Crippen LogP contribution in [0.1, 0.15) is 17.0 Å². The van der Waals surface area contributed by atoms with Crippen LogP contribution >= 0.6 is 15.9 Å². The lowest BCUT2D eigenvalue weighted by Crippen LogP contribution is -2.14. The van der Waals surface area contributed by atoms with Crippen molar-refractivity contribution in [2.75, 3.05) is 20.3 Å². The second kappa shape index (κ2) is 8.14. The maximum atomic E-state index is 11.4. The van der Waals surface area contributed by atoms with Crippen LogP contribution in [0.25, 0.3) is 10.9 Å². The van der Waals surface area contributed by atoms with Crippen molar-refractivity contribution >= 4 is 26.8 Å². The molecule has 0 saturated heterocycles. The fraction of sp³-hybridized carbons (Fsp3) is 0.200. The average Bonchev–Trinajstić information content (AvgIpc) is 3.08. The Labute approximate surface area is 164 Å². The Hall–Kier alpha value is -2.98. The van der Waals surface area contributed by atoms with Crippen molar-refractivity contribution in [1.82, 2.24) is 4.98 Å². The van der Waals surface area contributed by atoms with E-state index in [-0.39, 0.29) is 18.1 Å². The van der Waals surface area contributed by atoms with E-state index in [1.807, 2.05) is 36.5 Å². The topological polar surface area (TPSA) is 77.4 Å². The summed E-state index contributed by atoms with van der Waals surface area (Å²) in [6.45, 7) is -0.156. The molecule has 2 aromatic carbocycles. The van der Waals surface area contributed by atoms with Crippen LogP contribution in [-0.4, -0.2) is 30.2 Å². The molecule has 1 heterocycles. The molecule has 0 fully saturated rings. The molecule has 3 rings (SSSR count). The number of fused-ring (bicyclic) bond motifs is 1. The summed E-state index contributed by atoms with van der Waals surface area (Å²) >= 11 is 3.47. The van der Waals surface area contributed by atoms with Crippen molar-refractivity contribution in [3.05, 3.63) is 68.3 Å². The van der Waals surface area contributed by atoms with Crippen LogP contribution in [0.2, 0.25) is 0 Å². The van der Waals surface area contributed by atoms with Gasteiger partial charge in [-0.25, -0.2) is 0 Å². The zero-order valence-electron chi connectivity index (χ0n) is 14.6. The molecule has 0 bridgehead atoms. The van der Waals surface area contributed by atoms with E-state index < -0.39 is 5.92 Å². The van der Waals surface area contributed by atoms with Gasteiger partial charge >= 0.3 is 0 Å². The van der Waals surface area contributed by atoms with Gasteiger partial charge in [0.15, 0.2) is 11.5 Å². The molecule has 0 aliphatic rings. The predicted molar refractivity (Wildman–Crippen MR) is 107 cm³/mol. The molecule has 0 radical (unpaired) electrons. The van der Waals surface area contributed by atoms with E-state index in [0.29, 0.717) is 16.0 Å². The van der Waals surface area contributed by atoms with E-state index in [1.165, 1.54) is 7.11 Å². The molecule has 1 aromatic heterocycles. The van der Waals surface area contributed by atoms with Crippen LogP contribution < -0.4 is 9.47 Å². The van der Waals surface area contributed by atoms with Gasteiger partial charge in [-0.05, 0) is 45.3 Å². The highest BCUT2D eigenvalue weighted by atomic mass is 79.9. The molecule has 3 aromatic rings. The van der Waals surface area contributed by atoms with Gasteiger partial charge in [0.25, 0.3) is 0 Å². The molecule has 0 amide bonds. The third-order valence-electron chi connectivity index (χ3n) is 4.28. The molecule has 27 heavy (non-hydrogen) atoms. The highest BCUT2D eigenvalue weighted by Gasteiger charge is 2.25. The number of nitro groups is 1. The quantitative estimate of drug-likeness (QED) is 0.344. The Balaban J connectivity index is 2.12. The number of benzene rings is 2. The molecular weight excluding hydrogens is 412 g/mol. The van der Waals surface area contributed by atoms with Gasteiger partial charge in [0.2, 0.25) is 6.54 Å². The van der Waals surface area contributed by atoms with E-state index in [0.717, 1.165) is 22.0 Å². The van der Waals surface area contributed by atoms with Crippen LogP contribution in [0.5, 0.6) is 11.5 Å². The summed E-state index contributed by atoms with van der Waals surface area (Å²) in [5.74, 6) is 2.88. The Morgan fingerprint density at radius 2 is 2.15 bits per heavy atom. The van der Waals surface area contributed by atoms with Crippen molar-refractivity contribution < 1.29 is 14.4 Å². The van der Waals surface area contributed by atoms with Crippen LogP contribution in [0, 0.1) is 22.5 Å². The maximum absolute atomic E-state index is 11.4. The Morgan fingerprint density at radius 3 is 2.85 bits per heavy atom. The number of aromatic amines is 1. The third kappa shape index (κ3) is 3.91. The number of terminal acetylenes is 1. The standard InChI is InChI=1S/C20H17BrN2O4/c1-3-8-27-20-17(21)9-13(10-19(20)26-2)16(12-23(24)25)15-11-22-18-7-5-4-6-14(15)18/h1,4-7,9-11,16,22H,8,12H2,2H3/t16-/m0/s1. The lowest BCUT2D eigenvalue weighted by atomic mass is 9.90. The Bertz CT molecular complexity index is 1020. The summed E-state index contributed by atoms with van der Waals surface area (Å²) in [5, 5.41) is 12.3. The normalized spacial score (nSPS) is 11.7. The Morgan fingerprint density at radius 1 is 1.37 bits per heavy atom. The first-order chi connectivity index (χ1) is 13.0. The first-order valence-corrected chi connectivity index (χ1v) is 8.96. The van der Waals surface area contributed by atoms with Gasteiger partial charge in [0, 0.05) is 22.0 Å². The number of nitrogens with one attached hydrogen (secondary N) is 1. The molecule has 0 saturated carbocycles. The molecule has 0 spiro atoms. The molecule has 0 aliphatic carbocycles. The lowest BCUT2D eigenvalue weighted by molar-refractivity contribution is -0.481. The van der Waals surface area contributed by atoms with E-state index in [2.05, 4.69) is 26.8 Å². The predicted octanol–water partition coefficient (Wildman–Crippen LogP) is 4.36. The highest BCUT2D eigenvalue weighted by molar-refractivity contribution is 9.10. The largest absolute Gasteiger partial charge is 0.493 e. The number of ether oxygens (including phenoxy) is 2. The molecule has 0 unspecified atom stereocenters. The van der Waals surface area contributed by atoms with Gasteiger partial charge in [0.1, 0.15) is 6.61 Å². The zero-order chi connectivity index (χ0) is 19.4. The SMILES string of the molecule is C#CCOc1c(Br)cc([C@H](C[N+](=O)[O-])c2c[nH]c3ccccc23)cc1OC. The molecule has 7 heteroatoms. The van der Waals surface area contributed by atoms with Crippen LogP contribution in [0.4, 0.5) is 0 Å². The van der Waals surface area contributed by atoms with Crippen LogP contribution in [-0.2, 0) is 0 Å². The third-order valence-corrected chi connectivity index (χ3v) is 4.87. The van der Waals surface area contributed by atoms with E-state index in [9.17, 15) is 10.1 Å². The summed E-state index contributed by atoms with van der Waals surface area (Å²) in [4.78, 5) is 14.2. The van der Waals surface area contributed by atoms with Crippen molar-refractivity contribution in [2.24, 2.45) is 0 Å². The van der Waals surface area contributed by atoms with Crippen molar-refractivity contribution in [3.63, 3.8) is 0 Å². The number of para-hydroxylation sites is 1. The second-order valence-corrected chi connectivity index (χ2v) is 6.74. The molecule has 1 N–H and O–H groups in total. The lowest BCUT2D eigenvalue weighted by Gasteiger charge is -2.17. The van der Waals surface area contributed by atoms with E-state index in [1.54, 1.807) is 6.07 Å². The first-order valence-electron chi connectivity index (χ1n) is 8.16. The van der Waals surface area contributed by atoms with Crippen molar-refractivity contribution in [1.29, 1.82) is 0 Å². The second-order valence-electron chi connectivity index (χ2n) is 5.88. The molecule has 138 valence electrons. The van der Waals surface area contributed by atoms with Crippen molar-refractivity contribution in [3.8, 4) is 23.8 Å². The summed E-state index contributed by atoms with van der Waals surface area (Å²) in [5.41, 5.74) is 2.53. The van der Waals surface area contributed by atoms with Gasteiger partial charge in [-0.2, -0.15) is 0 Å². The van der Waals surface area contributed by atoms with Crippen LogP contribution in [0.15, 0.2) is 47.1 Å². The molecule has 1 atom stereocenters. The summed E-state index contributed by atoms with van der Waals surface area (Å²) < 4.78 is 11.6. The minimum atomic E-state index is -0.456. The monoisotopic (exact) mass is 428 g/mol. The number of methoxy groups -OCH3 is 1. The summed E-state index contributed by atoms with van der Waals surface area (Å²) in [7, 11) is 1.52. The molecule has 0 aliphatic heterocycles. The smallest absolute Gasteiger partial charge is 0.214 e. The van der Waals surface area contributed by atoms with Gasteiger partial charge in [-0.3, -0.25) is 10.1 Å².